The number of nitrogens with one attached hydrogen (secondary N) is 3. The molecule has 0 saturated heterocycles. The van der Waals surface area contributed by atoms with Crippen LogP contribution in [0.25, 0.3) is 0 Å². The average molecular weight is 272 g/mol. The molecule has 18 heavy (non-hydrogen) atoms. The van der Waals surface area contributed by atoms with Crippen molar-refractivity contribution >= 4 is 29.4 Å². The van der Waals surface area contributed by atoms with E-state index in [9.17, 15) is 9.59 Å². The largest absolute Gasteiger partial charge is 0.449 e. The van der Waals surface area contributed by atoms with E-state index in [1.807, 2.05) is 0 Å². The van der Waals surface area contributed by atoms with Crippen LogP contribution >= 0.6 is 11.6 Å². The van der Waals surface area contributed by atoms with E-state index in [1.165, 1.54) is 0 Å². The van der Waals surface area contributed by atoms with E-state index >= 15 is 0 Å². The average Bonchev–Trinajstić information content (AvgIpc) is 2.33. The van der Waals surface area contributed by atoms with E-state index in [0.717, 1.165) is 5.56 Å². The second kappa shape index (κ2) is 6.70. The molecule has 0 aliphatic carbocycles. The number of carbonyl (C=O) groups excluding carboxylic acids is 2. The molecule has 7 heteroatoms. The summed E-state index contributed by atoms with van der Waals surface area (Å²) in [6, 6.07) is 4.54. The molecule has 0 fully saturated rings. The molecule has 1 aromatic rings. The number of benzene rings is 1. The van der Waals surface area contributed by atoms with E-state index in [1.54, 1.807) is 32.0 Å². The topological polar surface area (TPSA) is 79.5 Å². The Bertz CT molecular complexity index is 451. The van der Waals surface area contributed by atoms with Gasteiger partial charge in [0.05, 0.1) is 6.61 Å². The van der Waals surface area contributed by atoms with Crippen LogP contribution in [-0.4, -0.2) is 18.7 Å². The summed E-state index contributed by atoms with van der Waals surface area (Å²) in [7, 11) is 0. The van der Waals surface area contributed by atoms with Gasteiger partial charge in [0.25, 0.3) is 0 Å². The normalized spacial score (nSPS) is 9.50. The summed E-state index contributed by atoms with van der Waals surface area (Å²) >= 11 is 5.90. The third kappa shape index (κ3) is 4.14. The Labute approximate surface area is 110 Å². The van der Waals surface area contributed by atoms with Crippen LogP contribution in [0.15, 0.2) is 18.2 Å². The smallest absolute Gasteiger partial charge is 0.426 e. The number of hydrazine groups is 1. The second-order valence-corrected chi connectivity index (χ2v) is 3.74. The Hall–Kier alpha value is -1.95. The first-order chi connectivity index (χ1) is 8.54. The van der Waals surface area contributed by atoms with Gasteiger partial charge in [-0.3, -0.25) is 0 Å². The molecule has 0 saturated carbocycles. The third-order valence-corrected chi connectivity index (χ3v) is 2.48. The minimum atomic E-state index is -0.726. The Morgan fingerprint density at radius 1 is 1.33 bits per heavy atom. The van der Waals surface area contributed by atoms with E-state index in [0.29, 0.717) is 10.7 Å². The minimum absolute atomic E-state index is 0.225. The molecule has 0 aliphatic heterocycles. The molecular weight excluding hydrogens is 258 g/mol. The Balaban J connectivity index is 2.50. The Morgan fingerprint density at radius 2 is 2.06 bits per heavy atom. The first kappa shape index (κ1) is 14.1. The van der Waals surface area contributed by atoms with Crippen molar-refractivity contribution in [3.05, 3.63) is 28.8 Å². The van der Waals surface area contributed by atoms with Crippen molar-refractivity contribution in [2.75, 3.05) is 11.9 Å². The highest BCUT2D eigenvalue weighted by atomic mass is 35.5. The summed E-state index contributed by atoms with van der Waals surface area (Å²) in [5, 5.41) is 3.09. The fourth-order valence-electron chi connectivity index (χ4n) is 1.17. The van der Waals surface area contributed by atoms with Gasteiger partial charge in [-0.2, -0.15) is 0 Å². The summed E-state index contributed by atoms with van der Waals surface area (Å²) in [6.45, 7) is 3.66. The van der Waals surface area contributed by atoms with Crippen molar-refractivity contribution in [1.82, 2.24) is 10.9 Å². The zero-order chi connectivity index (χ0) is 13.5. The molecule has 0 aliphatic rings. The molecule has 1 rings (SSSR count). The first-order valence-corrected chi connectivity index (χ1v) is 5.67. The summed E-state index contributed by atoms with van der Waals surface area (Å²) in [5.41, 5.74) is 5.53. The molecule has 0 heterocycles. The van der Waals surface area contributed by atoms with Gasteiger partial charge in [-0.1, -0.05) is 17.7 Å². The van der Waals surface area contributed by atoms with Crippen LogP contribution in [0.1, 0.15) is 12.5 Å². The first-order valence-electron chi connectivity index (χ1n) is 5.29. The maximum atomic E-state index is 11.4. The van der Waals surface area contributed by atoms with Gasteiger partial charge in [0, 0.05) is 10.7 Å². The van der Waals surface area contributed by atoms with Crippen molar-refractivity contribution in [2.24, 2.45) is 0 Å². The number of amides is 3. The molecule has 1 aromatic carbocycles. The highest BCUT2D eigenvalue weighted by Gasteiger charge is 2.07. The Morgan fingerprint density at radius 3 is 2.72 bits per heavy atom. The van der Waals surface area contributed by atoms with E-state index < -0.39 is 12.1 Å². The van der Waals surface area contributed by atoms with Gasteiger partial charge in [0.2, 0.25) is 0 Å². The summed E-state index contributed by atoms with van der Waals surface area (Å²) in [5.74, 6) is 0. The summed E-state index contributed by atoms with van der Waals surface area (Å²) in [4.78, 5) is 22.4. The number of halogens is 1. The van der Waals surface area contributed by atoms with Crippen LogP contribution in [0.5, 0.6) is 0 Å². The van der Waals surface area contributed by atoms with Gasteiger partial charge in [-0.05, 0) is 31.5 Å². The maximum Gasteiger partial charge on any atom is 0.426 e. The van der Waals surface area contributed by atoms with Gasteiger partial charge < -0.3 is 10.1 Å². The number of anilines is 1. The number of hydrogen-bond donors (Lipinski definition) is 3. The molecule has 0 bridgehead atoms. The number of carbonyl (C=O) groups is 2. The molecule has 98 valence electrons. The fraction of sp³-hybridized carbons (Fsp3) is 0.273. The van der Waals surface area contributed by atoms with Gasteiger partial charge in [-0.15, -0.1) is 0 Å². The Kier molecular flexibility index (Phi) is 5.26. The summed E-state index contributed by atoms with van der Waals surface area (Å²) in [6.07, 6.45) is -0.726. The van der Waals surface area contributed by atoms with Crippen molar-refractivity contribution in [2.45, 2.75) is 13.8 Å². The van der Waals surface area contributed by atoms with Gasteiger partial charge in [0.1, 0.15) is 0 Å². The van der Waals surface area contributed by atoms with E-state index in [-0.39, 0.29) is 6.61 Å². The maximum absolute atomic E-state index is 11.4. The van der Waals surface area contributed by atoms with Gasteiger partial charge in [0.15, 0.2) is 0 Å². The lowest BCUT2D eigenvalue weighted by atomic mass is 10.2. The van der Waals surface area contributed by atoms with Crippen LogP contribution < -0.4 is 16.2 Å². The zero-order valence-electron chi connectivity index (χ0n) is 10.0. The third-order valence-electron chi connectivity index (χ3n) is 2.07. The second-order valence-electron chi connectivity index (χ2n) is 3.34. The zero-order valence-corrected chi connectivity index (χ0v) is 10.8. The molecule has 0 spiro atoms. The van der Waals surface area contributed by atoms with Crippen molar-refractivity contribution < 1.29 is 14.3 Å². The quantitative estimate of drug-likeness (QED) is 0.723. The lowest BCUT2D eigenvalue weighted by Crippen LogP contribution is -2.44. The SMILES string of the molecule is CCOC(=O)NNC(=O)Nc1cccc(Cl)c1C. The van der Waals surface area contributed by atoms with Gasteiger partial charge in [-0.25, -0.2) is 20.4 Å². The van der Waals surface area contributed by atoms with Crippen LogP contribution in [-0.2, 0) is 4.74 Å². The molecule has 6 nitrogen and oxygen atoms in total. The van der Waals surface area contributed by atoms with E-state index in [2.05, 4.69) is 20.9 Å². The lowest BCUT2D eigenvalue weighted by molar-refractivity contribution is 0.148. The van der Waals surface area contributed by atoms with Crippen LogP contribution in [0.3, 0.4) is 0 Å². The minimum Gasteiger partial charge on any atom is -0.449 e. The highest BCUT2D eigenvalue weighted by molar-refractivity contribution is 6.31. The number of urea groups is 1. The lowest BCUT2D eigenvalue weighted by Gasteiger charge is -2.11. The standard InChI is InChI=1S/C11H14ClN3O3/c1-3-18-11(17)15-14-10(16)13-9-6-4-5-8(12)7(9)2/h4-6H,3H2,1-2H3,(H,15,17)(H2,13,14,16). The molecule has 3 N–H and O–H groups in total. The fourth-order valence-corrected chi connectivity index (χ4v) is 1.35. The number of rotatable bonds is 2. The van der Waals surface area contributed by atoms with E-state index in [4.69, 9.17) is 11.6 Å². The van der Waals surface area contributed by atoms with Crippen LogP contribution in [0.4, 0.5) is 15.3 Å². The molecule has 0 atom stereocenters. The molecule has 0 unspecified atom stereocenters. The molecular formula is C11H14ClN3O3. The van der Waals surface area contributed by atoms with Gasteiger partial charge >= 0.3 is 12.1 Å². The summed E-state index contributed by atoms with van der Waals surface area (Å²) < 4.78 is 4.57. The van der Waals surface area contributed by atoms with Crippen molar-refractivity contribution in [1.29, 1.82) is 0 Å². The molecule has 0 radical (unpaired) electrons. The number of hydrogen-bond acceptors (Lipinski definition) is 3. The van der Waals surface area contributed by atoms with Crippen LogP contribution in [0.2, 0.25) is 5.02 Å². The molecule has 3 amide bonds. The monoisotopic (exact) mass is 271 g/mol. The number of ether oxygens (including phenoxy) is 1. The predicted molar refractivity (Wildman–Crippen MR) is 68.5 cm³/mol. The van der Waals surface area contributed by atoms with Crippen LogP contribution in [0, 0.1) is 6.92 Å². The van der Waals surface area contributed by atoms with Crippen molar-refractivity contribution in [3.8, 4) is 0 Å². The highest BCUT2D eigenvalue weighted by Crippen LogP contribution is 2.22. The molecule has 0 aromatic heterocycles. The van der Waals surface area contributed by atoms with Crippen molar-refractivity contribution in [3.63, 3.8) is 0 Å². The predicted octanol–water partition coefficient (Wildman–Crippen LogP) is 2.43.